The third-order valence-corrected chi connectivity index (χ3v) is 5.80. The highest BCUT2D eigenvalue weighted by atomic mass is 32.2. The molecule has 2 rings (SSSR count). The van der Waals surface area contributed by atoms with Gasteiger partial charge in [-0.05, 0) is 12.8 Å². The zero-order valence-electron chi connectivity index (χ0n) is 10.4. The summed E-state index contributed by atoms with van der Waals surface area (Å²) in [5, 5.41) is -0.863. The van der Waals surface area contributed by atoms with Gasteiger partial charge in [-0.25, -0.2) is 8.42 Å². The maximum absolute atomic E-state index is 12.4. The number of carbonyl (C=O) groups excluding carboxylic acids is 1. The number of carbonyl (C=O) groups is 1. The number of morpholine rings is 1. The molecule has 0 aromatic carbocycles. The van der Waals surface area contributed by atoms with E-state index in [1.54, 1.807) is 4.90 Å². The zero-order chi connectivity index (χ0) is 13.2. The lowest BCUT2D eigenvalue weighted by molar-refractivity contribution is -0.139. The van der Waals surface area contributed by atoms with Crippen LogP contribution in [0.3, 0.4) is 0 Å². The number of amides is 1. The molecule has 0 radical (unpaired) electrons. The Hall–Kier alpha value is -0.660. The summed E-state index contributed by atoms with van der Waals surface area (Å²) in [6, 6.07) is -0.191. The number of nitrogens with two attached hydrogens (primary N) is 1. The van der Waals surface area contributed by atoms with E-state index in [1.165, 1.54) is 0 Å². The highest BCUT2D eigenvalue weighted by Gasteiger charge is 2.39. The topological polar surface area (TPSA) is 89.7 Å². The Morgan fingerprint density at radius 2 is 2.17 bits per heavy atom. The minimum Gasteiger partial charge on any atom is -0.377 e. The first-order valence-electron chi connectivity index (χ1n) is 6.36. The van der Waals surface area contributed by atoms with E-state index in [0.717, 1.165) is 6.42 Å². The maximum Gasteiger partial charge on any atom is 0.241 e. The summed E-state index contributed by atoms with van der Waals surface area (Å²) in [5.41, 5.74) is 5.61. The number of hydrogen-bond donors (Lipinski definition) is 1. The van der Waals surface area contributed by atoms with Gasteiger partial charge in [0, 0.05) is 13.1 Å². The molecule has 2 N–H and O–H groups in total. The second-order valence-corrected chi connectivity index (χ2v) is 7.15. The van der Waals surface area contributed by atoms with Crippen molar-refractivity contribution in [3.05, 3.63) is 0 Å². The van der Waals surface area contributed by atoms with Crippen molar-refractivity contribution in [1.82, 2.24) is 4.90 Å². The number of nitrogens with zero attached hydrogens (tertiary/aromatic N) is 1. The molecule has 2 unspecified atom stereocenters. The van der Waals surface area contributed by atoms with Crippen molar-refractivity contribution in [2.45, 2.75) is 30.6 Å². The van der Waals surface area contributed by atoms with Crippen molar-refractivity contribution in [3.8, 4) is 0 Å². The zero-order valence-corrected chi connectivity index (χ0v) is 11.2. The molecular weight excluding hydrogens is 256 g/mol. The Balaban J connectivity index is 2.14. The highest BCUT2D eigenvalue weighted by Crippen LogP contribution is 2.23. The largest absolute Gasteiger partial charge is 0.377 e. The van der Waals surface area contributed by atoms with E-state index in [4.69, 9.17) is 10.5 Å². The molecule has 2 aliphatic heterocycles. The van der Waals surface area contributed by atoms with Crippen LogP contribution < -0.4 is 5.73 Å². The first-order valence-corrected chi connectivity index (χ1v) is 8.07. The van der Waals surface area contributed by atoms with Crippen molar-refractivity contribution < 1.29 is 17.9 Å². The molecule has 2 saturated heterocycles. The average molecular weight is 276 g/mol. The summed E-state index contributed by atoms with van der Waals surface area (Å²) in [7, 11) is -3.28. The van der Waals surface area contributed by atoms with Crippen LogP contribution in [-0.4, -0.2) is 62.6 Å². The minimum absolute atomic E-state index is 0.126. The molecule has 0 bridgehead atoms. The predicted octanol–water partition coefficient (Wildman–Crippen LogP) is -0.860. The second-order valence-electron chi connectivity index (χ2n) is 4.85. The number of hydrogen-bond acceptors (Lipinski definition) is 5. The van der Waals surface area contributed by atoms with Gasteiger partial charge in [0.05, 0.1) is 25.0 Å². The van der Waals surface area contributed by atoms with E-state index >= 15 is 0 Å². The summed E-state index contributed by atoms with van der Waals surface area (Å²) in [5.74, 6) is -0.158. The van der Waals surface area contributed by atoms with Gasteiger partial charge in [0.1, 0.15) is 5.25 Å². The van der Waals surface area contributed by atoms with Crippen LogP contribution >= 0.6 is 0 Å². The fourth-order valence-corrected chi connectivity index (χ4v) is 4.42. The van der Waals surface area contributed by atoms with Crippen LogP contribution in [0.15, 0.2) is 0 Å². The van der Waals surface area contributed by atoms with Crippen molar-refractivity contribution >= 4 is 15.7 Å². The molecule has 18 heavy (non-hydrogen) atoms. The quantitative estimate of drug-likeness (QED) is 0.709. The molecule has 7 heteroatoms. The third kappa shape index (κ3) is 2.67. The van der Waals surface area contributed by atoms with Crippen LogP contribution in [0.4, 0.5) is 0 Å². The lowest BCUT2D eigenvalue weighted by Gasteiger charge is -2.37. The molecule has 1 amide bonds. The number of rotatable bonds is 2. The van der Waals surface area contributed by atoms with Gasteiger partial charge in [-0.1, -0.05) is 6.42 Å². The summed E-state index contributed by atoms with van der Waals surface area (Å²) in [6.07, 6.45) is 1.90. The molecule has 0 aliphatic carbocycles. The van der Waals surface area contributed by atoms with Gasteiger partial charge in [0.25, 0.3) is 0 Å². The van der Waals surface area contributed by atoms with Gasteiger partial charge in [0.2, 0.25) is 5.91 Å². The standard InChI is InChI=1S/C11H20N2O4S/c12-7-9-8-17-5-4-13(9)11(14)10-3-1-2-6-18(10,15)16/h9-10H,1-8,12H2. The molecule has 0 saturated carbocycles. The van der Waals surface area contributed by atoms with E-state index in [1.807, 2.05) is 0 Å². The molecule has 104 valence electrons. The Morgan fingerprint density at radius 3 is 2.83 bits per heavy atom. The van der Waals surface area contributed by atoms with Crippen LogP contribution in [0.5, 0.6) is 0 Å². The Morgan fingerprint density at radius 1 is 1.39 bits per heavy atom. The second kappa shape index (κ2) is 5.54. The van der Waals surface area contributed by atoms with Gasteiger partial charge < -0.3 is 15.4 Å². The first-order chi connectivity index (χ1) is 8.56. The molecule has 0 aromatic heterocycles. The van der Waals surface area contributed by atoms with Crippen LogP contribution in [0.1, 0.15) is 19.3 Å². The Bertz CT molecular complexity index is 409. The van der Waals surface area contributed by atoms with E-state index in [-0.39, 0.29) is 17.7 Å². The lowest BCUT2D eigenvalue weighted by atomic mass is 10.1. The maximum atomic E-state index is 12.4. The van der Waals surface area contributed by atoms with Crippen LogP contribution in [0.25, 0.3) is 0 Å². The third-order valence-electron chi connectivity index (χ3n) is 3.64. The molecule has 2 aliphatic rings. The molecular formula is C11H20N2O4S. The van der Waals surface area contributed by atoms with Crippen LogP contribution in [0.2, 0.25) is 0 Å². The van der Waals surface area contributed by atoms with Crippen molar-refractivity contribution in [1.29, 1.82) is 0 Å². The highest BCUT2D eigenvalue weighted by molar-refractivity contribution is 7.92. The molecule has 2 atom stereocenters. The molecule has 0 aromatic rings. The molecule has 2 heterocycles. The fourth-order valence-electron chi connectivity index (χ4n) is 2.56. The molecule has 2 fully saturated rings. The van der Waals surface area contributed by atoms with E-state index < -0.39 is 15.1 Å². The molecule has 6 nitrogen and oxygen atoms in total. The summed E-state index contributed by atoms with van der Waals surface area (Å²) in [4.78, 5) is 14.0. The first kappa shape index (κ1) is 13.8. The van der Waals surface area contributed by atoms with E-state index in [0.29, 0.717) is 39.1 Å². The summed E-state index contributed by atoms with van der Waals surface area (Å²) < 4.78 is 29.2. The van der Waals surface area contributed by atoms with Crippen molar-refractivity contribution in [2.75, 3.05) is 32.1 Å². The lowest BCUT2D eigenvalue weighted by Crippen LogP contribution is -2.56. The SMILES string of the molecule is NCC1COCCN1C(=O)C1CCCCS1(=O)=O. The van der Waals surface area contributed by atoms with Crippen LogP contribution in [-0.2, 0) is 19.4 Å². The van der Waals surface area contributed by atoms with Gasteiger partial charge in [-0.15, -0.1) is 0 Å². The number of ether oxygens (including phenoxy) is 1. The minimum atomic E-state index is -3.28. The van der Waals surface area contributed by atoms with Crippen LogP contribution in [0, 0.1) is 0 Å². The van der Waals surface area contributed by atoms with Gasteiger partial charge in [0.15, 0.2) is 9.84 Å². The Labute approximate surface area is 107 Å². The van der Waals surface area contributed by atoms with Gasteiger partial charge >= 0.3 is 0 Å². The fraction of sp³-hybridized carbons (Fsp3) is 0.909. The summed E-state index contributed by atoms with van der Waals surface area (Å²) >= 11 is 0. The van der Waals surface area contributed by atoms with Gasteiger partial charge in [-0.3, -0.25) is 4.79 Å². The average Bonchev–Trinajstić information content (AvgIpc) is 2.37. The predicted molar refractivity (Wildman–Crippen MR) is 66.8 cm³/mol. The van der Waals surface area contributed by atoms with Crippen molar-refractivity contribution in [3.63, 3.8) is 0 Å². The van der Waals surface area contributed by atoms with Crippen molar-refractivity contribution in [2.24, 2.45) is 5.73 Å². The Kier molecular flexibility index (Phi) is 4.24. The molecule has 0 spiro atoms. The summed E-state index contributed by atoms with van der Waals surface area (Å²) in [6.45, 7) is 1.59. The van der Waals surface area contributed by atoms with E-state index in [9.17, 15) is 13.2 Å². The monoisotopic (exact) mass is 276 g/mol. The van der Waals surface area contributed by atoms with E-state index in [2.05, 4.69) is 0 Å². The normalized spacial score (nSPS) is 32.2. The smallest absolute Gasteiger partial charge is 0.241 e. The van der Waals surface area contributed by atoms with Gasteiger partial charge in [-0.2, -0.15) is 0 Å². The number of sulfone groups is 1.